The number of anilines is 1. The predicted octanol–water partition coefficient (Wildman–Crippen LogP) is 3.67. The van der Waals surface area contributed by atoms with Gasteiger partial charge >= 0.3 is 5.97 Å². The highest BCUT2D eigenvalue weighted by atomic mass is 35.5. The van der Waals surface area contributed by atoms with Gasteiger partial charge < -0.3 is 14.4 Å². The standard InChI is InChI=1S/C21H26ClN3O3/c1-27-13-5-8-18-14-23-19(22)20(24-18)25-11-9-17(10-12-25)21(26)28-15-16-6-3-2-4-7-16/h2-4,6-7,14,17H,5,8-13,15H2,1H3. The van der Waals surface area contributed by atoms with Gasteiger partial charge in [0.25, 0.3) is 0 Å². The number of carbonyl (C=O) groups excluding carboxylic acids is 1. The first-order valence-corrected chi connectivity index (χ1v) is 10.0. The zero-order chi connectivity index (χ0) is 19.8. The van der Waals surface area contributed by atoms with Crippen LogP contribution in [0.4, 0.5) is 5.82 Å². The van der Waals surface area contributed by atoms with Gasteiger partial charge in [-0.25, -0.2) is 9.97 Å². The number of carbonyl (C=O) groups is 1. The molecule has 150 valence electrons. The van der Waals surface area contributed by atoms with Crippen molar-refractivity contribution in [3.63, 3.8) is 0 Å². The van der Waals surface area contributed by atoms with Crippen LogP contribution in [0.2, 0.25) is 5.15 Å². The lowest BCUT2D eigenvalue weighted by Gasteiger charge is -2.32. The molecule has 6 nitrogen and oxygen atoms in total. The van der Waals surface area contributed by atoms with E-state index < -0.39 is 0 Å². The van der Waals surface area contributed by atoms with Crippen molar-refractivity contribution in [1.29, 1.82) is 0 Å². The molecule has 28 heavy (non-hydrogen) atoms. The van der Waals surface area contributed by atoms with E-state index in [-0.39, 0.29) is 11.9 Å². The molecule has 2 aromatic rings. The zero-order valence-electron chi connectivity index (χ0n) is 16.1. The lowest BCUT2D eigenvalue weighted by molar-refractivity contribution is -0.150. The van der Waals surface area contributed by atoms with Gasteiger partial charge in [0.1, 0.15) is 6.61 Å². The van der Waals surface area contributed by atoms with Crippen LogP contribution >= 0.6 is 11.6 Å². The molecule has 1 saturated heterocycles. The monoisotopic (exact) mass is 403 g/mol. The van der Waals surface area contributed by atoms with Crippen molar-refractivity contribution in [1.82, 2.24) is 9.97 Å². The van der Waals surface area contributed by atoms with Gasteiger partial charge in [-0.1, -0.05) is 41.9 Å². The lowest BCUT2D eigenvalue weighted by atomic mass is 9.97. The number of aromatic nitrogens is 2. The molecule has 0 N–H and O–H groups in total. The predicted molar refractivity (Wildman–Crippen MR) is 108 cm³/mol. The van der Waals surface area contributed by atoms with Gasteiger partial charge in [0.2, 0.25) is 0 Å². The summed E-state index contributed by atoms with van der Waals surface area (Å²) in [5.74, 6) is 0.485. The molecule has 0 radical (unpaired) electrons. The van der Waals surface area contributed by atoms with Gasteiger partial charge in [0.15, 0.2) is 11.0 Å². The van der Waals surface area contributed by atoms with Crippen molar-refractivity contribution < 1.29 is 14.3 Å². The molecule has 0 spiro atoms. The molecular weight excluding hydrogens is 378 g/mol. The Bertz CT molecular complexity index is 765. The van der Waals surface area contributed by atoms with Gasteiger partial charge in [-0.15, -0.1) is 0 Å². The van der Waals surface area contributed by atoms with E-state index in [1.165, 1.54) is 0 Å². The average molecular weight is 404 g/mol. The van der Waals surface area contributed by atoms with E-state index >= 15 is 0 Å². The van der Waals surface area contributed by atoms with Gasteiger partial charge in [0.05, 0.1) is 17.8 Å². The fourth-order valence-corrected chi connectivity index (χ4v) is 3.50. The molecule has 1 aromatic carbocycles. The Morgan fingerprint density at radius 1 is 1.25 bits per heavy atom. The van der Waals surface area contributed by atoms with Crippen LogP contribution in [0.3, 0.4) is 0 Å². The summed E-state index contributed by atoms with van der Waals surface area (Å²) in [6, 6.07) is 9.74. The molecule has 3 rings (SSSR count). The van der Waals surface area contributed by atoms with Crippen molar-refractivity contribution in [2.24, 2.45) is 5.92 Å². The molecule has 0 atom stereocenters. The Morgan fingerprint density at radius 3 is 2.71 bits per heavy atom. The van der Waals surface area contributed by atoms with E-state index in [9.17, 15) is 4.79 Å². The summed E-state index contributed by atoms with van der Waals surface area (Å²) in [6.07, 6.45) is 4.85. The van der Waals surface area contributed by atoms with E-state index in [1.807, 2.05) is 30.3 Å². The molecule has 0 bridgehead atoms. The molecule has 1 aliphatic rings. The normalized spacial score (nSPS) is 14.9. The maximum Gasteiger partial charge on any atom is 0.309 e. The maximum atomic E-state index is 12.4. The molecular formula is C21H26ClN3O3. The van der Waals surface area contributed by atoms with Crippen LogP contribution in [0.1, 0.15) is 30.5 Å². The average Bonchev–Trinajstić information content (AvgIpc) is 2.74. The summed E-state index contributed by atoms with van der Waals surface area (Å²) in [4.78, 5) is 23.4. The van der Waals surface area contributed by atoms with Gasteiger partial charge in [-0.05, 0) is 31.2 Å². The molecule has 0 saturated carbocycles. The molecule has 1 aliphatic heterocycles. The van der Waals surface area contributed by atoms with Crippen molar-refractivity contribution in [2.45, 2.75) is 32.3 Å². The number of hydrogen-bond donors (Lipinski definition) is 0. The summed E-state index contributed by atoms with van der Waals surface area (Å²) >= 11 is 6.28. The molecule has 1 aromatic heterocycles. The fraction of sp³-hybridized carbons (Fsp3) is 0.476. The second-order valence-corrected chi connectivity index (χ2v) is 7.28. The number of methoxy groups -OCH3 is 1. The van der Waals surface area contributed by atoms with Crippen molar-refractivity contribution in [2.75, 3.05) is 31.7 Å². The number of esters is 1. The van der Waals surface area contributed by atoms with Crippen LogP contribution in [-0.2, 0) is 27.3 Å². The highest BCUT2D eigenvalue weighted by Crippen LogP contribution is 2.27. The first kappa shape index (κ1) is 20.6. The largest absolute Gasteiger partial charge is 0.461 e. The van der Waals surface area contributed by atoms with Crippen molar-refractivity contribution in [3.05, 3.63) is 52.9 Å². The topological polar surface area (TPSA) is 64.5 Å². The van der Waals surface area contributed by atoms with E-state index in [0.29, 0.717) is 37.3 Å². The molecule has 0 amide bonds. The van der Waals surface area contributed by atoms with Gasteiger partial charge in [0, 0.05) is 26.8 Å². The number of hydrogen-bond acceptors (Lipinski definition) is 6. The van der Waals surface area contributed by atoms with E-state index in [2.05, 4.69) is 14.9 Å². The van der Waals surface area contributed by atoms with E-state index in [4.69, 9.17) is 21.1 Å². The smallest absolute Gasteiger partial charge is 0.309 e. The Morgan fingerprint density at radius 2 is 2.00 bits per heavy atom. The first-order chi connectivity index (χ1) is 13.7. The maximum absolute atomic E-state index is 12.4. The SMILES string of the molecule is COCCCc1cnc(Cl)c(N2CCC(C(=O)OCc3ccccc3)CC2)n1. The zero-order valence-corrected chi connectivity index (χ0v) is 16.9. The minimum absolute atomic E-state index is 0.0865. The van der Waals surface area contributed by atoms with Gasteiger partial charge in [-0.3, -0.25) is 4.79 Å². The molecule has 2 heterocycles. The van der Waals surface area contributed by atoms with Crippen molar-refractivity contribution in [3.8, 4) is 0 Å². The quantitative estimate of drug-likeness (QED) is 0.495. The fourth-order valence-electron chi connectivity index (χ4n) is 3.29. The van der Waals surface area contributed by atoms with Crippen LogP contribution in [0, 0.1) is 5.92 Å². The number of rotatable bonds is 8. The highest BCUT2D eigenvalue weighted by molar-refractivity contribution is 6.31. The first-order valence-electron chi connectivity index (χ1n) is 9.63. The summed E-state index contributed by atoms with van der Waals surface area (Å²) in [5.41, 5.74) is 1.90. The number of halogens is 1. The lowest BCUT2D eigenvalue weighted by Crippen LogP contribution is -2.37. The minimum Gasteiger partial charge on any atom is -0.461 e. The van der Waals surface area contributed by atoms with E-state index in [0.717, 1.165) is 36.9 Å². The summed E-state index contributed by atoms with van der Waals surface area (Å²) in [7, 11) is 1.69. The molecule has 7 heteroatoms. The number of benzene rings is 1. The molecule has 1 fully saturated rings. The third kappa shape index (κ3) is 5.66. The second-order valence-electron chi connectivity index (χ2n) is 6.93. The summed E-state index contributed by atoms with van der Waals surface area (Å²) in [5, 5.41) is 0.403. The van der Waals surface area contributed by atoms with Crippen LogP contribution in [0.25, 0.3) is 0 Å². The Balaban J connectivity index is 1.51. The number of nitrogens with zero attached hydrogens (tertiary/aromatic N) is 3. The third-order valence-corrected chi connectivity index (χ3v) is 5.16. The Hall–Kier alpha value is -2.18. The van der Waals surface area contributed by atoms with Crippen LogP contribution in [0.15, 0.2) is 36.5 Å². The second kappa shape index (κ2) is 10.4. The number of piperidine rings is 1. The third-order valence-electron chi connectivity index (χ3n) is 4.89. The minimum atomic E-state index is -0.131. The number of ether oxygens (including phenoxy) is 2. The van der Waals surface area contributed by atoms with Crippen molar-refractivity contribution >= 4 is 23.4 Å². The molecule has 0 unspecified atom stereocenters. The summed E-state index contributed by atoms with van der Waals surface area (Å²) in [6.45, 7) is 2.43. The summed E-state index contributed by atoms with van der Waals surface area (Å²) < 4.78 is 10.6. The van der Waals surface area contributed by atoms with E-state index in [1.54, 1.807) is 13.3 Å². The Kier molecular flexibility index (Phi) is 7.62. The highest BCUT2D eigenvalue weighted by Gasteiger charge is 2.28. The van der Waals surface area contributed by atoms with Gasteiger partial charge in [-0.2, -0.15) is 0 Å². The van der Waals surface area contributed by atoms with Crippen LogP contribution in [-0.4, -0.2) is 42.7 Å². The van der Waals surface area contributed by atoms with Crippen LogP contribution in [0.5, 0.6) is 0 Å². The molecule has 0 aliphatic carbocycles. The van der Waals surface area contributed by atoms with Crippen LogP contribution < -0.4 is 4.90 Å². The Labute approximate surface area is 170 Å². The number of aryl methyl sites for hydroxylation is 1.